The Labute approximate surface area is 139 Å². The molecule has 0 amide bonds. The maximum Gasteiger partial charge on any atom is 0.707 e. The van der Waals surface area contributed by atoms with Gasteiger partial charge in [0.05, 0.1) is 0 Å². The molecule has 116 valence electrons. The highest BCUT2D eigenvalue weighted by Crippen LogP contribution is 2.37. The van der Waals surface area contributed by atoms with E-state index in [1.807, 2.05) is 42.5 Å². The molecule has 0 heterocycles. The molecule has 0 aromatic heterocycles. The van der Waals surface area contributed by atoms with Gasteiger partial charge in [-0.25, -0.2) is 0 Å². The van der Waals surface area contributed by atoms with Gasteiger partial charge in [0.1, 0.15) is 5.75 Å². The van der Waals surface area contributed by atoms with Gasteiger partial charge in [0.15, 0.2) is 0 Å². The summed E-state index contributed by atoms with van der Waals surface area (Å²) in [6, 6.07) is 26.2. The van der Waals surface area contributed by atoms with Gasteiger partial charge in [-0.3, -0.25) is 0 Å². The molecule has 0 spiro atoms. The molecule has 0 aliphatic heterocycles. The molecule has 4 heteroatoms. The molecule has 0 aliphatic carbocycles. The molecule has 4 aromatic carbocycles. The van der Waals surface area contributed by atoms with Crippen molar-refractivity contribution in [2.45, 2.75) is 0 Å². The first-order chi connectivity index (χ1) is 11.7. The monoisotopic (exact) mass is 314 g/mol. The van der Waals surface area contributed by atoms with E-state index in [1.54, 1.807) is 6.07 Å². The summed E-state index contributed by atoms with van der Waals surface area (Å²) >= 11 is 0. The summed E-state index contributed by atoms with van der Waals surface area (Å²) in [6.45, 7) is 0. The first kappa shape index (κ1) is 14.8. The number of benzene rings is 4. The van der Waals surface area contributed by atoms with E-state index in [1.165, 1.54) is 10.9 Å². The third-order valence-corrected chi connectivity index (χ3v) is 4.14. The zero-order chi connectivity index (χ0) is 16.5. The van der Waals surface area contributed by atoms with Crippen molar-refractivity contribution in [3.63, 3.8) is 0 Å². The Morgan fingerprint density at radius 3 is 2.17 bits per heavy atom. The molecule has 4 rings (SSSR count). The lowest BCUT2D eigenvalue weighted by Gasteiger charge is -2.13. The van der Waals surface area contributed by atoms with Crippen LogP contribution in [0.5, 0.6) is 5.75 Å². The van der Waals surface area contributed by atoms with E-state index < -0.39 is 7.32 Å². The Bertz CT molecular complexity index is 1010. The van der Waals surface area contributed by atoms with Crippen molar-refractivity contribution in [1.82, 2.24) is 0 Å². The van der Waals surface area contributed by atoms with Crippen LogP contribution in [0.1, 0.15) is 0 Å². The van der Waals surface area contributed by atoms with Crippen LogP contribution in [0, 0.1) is 0 Å². The van der Waals surface area contributed by atoms with Crippen molar-refractivity contribution in [1.29, 1.82) is 0 Å². The molecule has 3 nitrogen and oxygen atoms in total. The smallest absolute Gasteiger partial charge is 0.512 e. The lowest BCUT2D eigenvalue weighted by molar-refractivity contribution is 0.288. The highest BCUT2D eigenvalue weighted by Gasteiger charge is 2.14. The van der Waals surface area contributed by atoms with Crippen molar-refractivity contribution >= 4 is 28.9 Å². The van der Waals surface area contributed by atoms with Crippen molar-refractivity contribution in [2.75, 3.05) is 0 Å². The van der Waals surface area contributed by atoms with Gasteiger partial charge in [-0.15, -0.1) is 0 Å². The first-order valence-corrected chi connectivity index (χ1v) is 7.76. The predicted molar refractivity (Wildman–Crippen MR) is 97.7 cm³/mol. The van der Waals surface area contributed by atoms with E-state index >= 15 is 0 Å². The predicted octanol–water partition coefficient (Wildman–Crippen LogP) is 4.01. The maximum atomic E-state index is 9.02. The van der Waals surface area contributed by atoms with Gasteiger partial charge >= 0.3 is 7.32 Å². The first-order valence-electron chi connectivity index (χ1n) is 7.76. The van der Waals surface area contributed by atoms with Crippen LogP contribution in [0.3, 0.4) is 0 Å². The van der Waals surface area contributed by atoms with Crippen LogP contribution in [-0.2, 0) is 0 Å². The quantitative estimate of drug-likeness (QED) is 0.444. The molecule has 0 bridgehead atoms. The summed E-state index contributed by atoms with van der Waals surface area (Å²) in [7, 11) is -1.82. The summed E-state index contributed by atoms with van der Waals surface area (Å²) < 4.78 is 4.99. The molecule has 0 aliphatic rings. The SMILES string of the molecule is OB(O)Oc1ccc2c(-c3ccccc3)c3ccccc3cc2c1. The van der Waals surface area contributed by atoms with Crippen molar-refractivity contribution < 1.29 is 14.7 Å². The summed E-state index contributed by atoms with van der Waals surface area (Å²) in [6.07, 6.45) is 0. The zero-order valence-electron chi connectivity index (χ0n) is 12.9. The average Bonchev–Trinajstić information content (AvgIpc) is 2.60. The Hall–Kier alpha value is -2.82. The average molecular weight is 314 g/mol. The van der Waals surface area contributed by atoms with Crippen LogP contribution >= 0.6 is 0 Å². The summed E-state index contributed by atoms with van der Waals surface area (Å²) in [4.78, 5) is 0. The second-order valence-corrected chi connectivity index (χ2v) is 5.67. The van der Waals surface area contributed by atoms with Crippen molar-refractivity contribution in [2.24, 2.45) is 0 Å². The standard InChI is InChI=1S/C20H15BO3/c22-21(23)24-17-10-11-19-16(13-17)12-15-8-4-5-9-18(15)20(19)14-6-2-1-3-7-14/h1-13,22-23H. The Morgan fingerprint density at radius 1 is 0.667 bits per heavy atom. The van der Waals surface area contributed by atoms with Gasteiger partial charge in [-0.1, -0.05) is 60.7 Å². The van der Waals surface area contributed by atoms with Crippen LogP contribution < -0.4 is 4.65 Å². The third kappa shape index (κ3) is 2.62. The van der Waals surface area contributed by atoms with Gasteiger partial charge in [0.2, 0.25) is 0 Å². The molecule has 0 fully saturated rings. The number of hydrogen-bond acceptors (Lipinski definition) is 3. The van der Waals surface area contributed by atoms with Gasteiger partial charge in [-0.05, 0) is 50.9 Å². The Morgan fingerprint density at radius 2 is 1.38 bits per heavy atom. The minimum absolute atomic E-state index is 0.423. The molecule has 0 unspecified atom stereocenters. The zero-order valence-corrected chi connectivity index (χ0v) is 12.9. The maximum absolute atomic E-state index is 9.02. The molecule has 0 radical (unpaired) electrons. The Kier molecular flexibility index (Phi) is 3.69. The van der Waals surface area contributed by atoms with Gasteiger partial charge in [0, 0.05) is 0 Å². The number of hydrogen-bond donors (Lipinski definition) is 2. The number of fused-ring (bicyclic) bond motifs is 2. The molecule has 0 saturated heterocycles. The highest BCUT2D eigenvalue weighted by molar-refractivity contribution is 6.33. The van der Waals surface area contributed by atoms with E-state index in [0.29, 0.717) is 5.75 Å². The lowest BCUT2D eigenvalue weighted by atomic mass is 9.92. The van der Waals surface area contributed by atoms with Crippen molar-refractivity contribution in [3.8, 4) is 16.9 Å². The molecular formula is C20H15BO3. The van der Waals surface area contributed by atoms with E-state index in [-0.39, 0.29) is 0 Å². The minimum Gasteiger partial charge on any atom is -0.512 e. The largest absolute Gasteiger partial charge is 0.707 e. The molecule has 0 saturated carbocycles. The van der Waals surface area contributed by atoms with E-state index in [9.17, 15) is 0 Å². The molecule has 2 N–H and O–H groups in total. The molecular weight excluding hydrogens is 299 g/mol. The number of rotatable bonds is 3. The summed E-state index contributed by atoms with van der Waals surface area (Å²) in [5.74, 6) is 0.423. The fourth-order valence-corrected chi connectivity index (χ4v) is 3.16. The second kappa shape index (κ2) is 6.00. The topological polar surface area (TPSA) is 49.7 Å². The molecule has 24 heavy (non-hydrogen) atoms. The third-order valence-electron chi connectivity index (χ3n) is 4.14. The van der Waals surface area contributed by atoms with Gasteiger partial charge in [-0.2, -0.15) is 0 Å². The van der Waals surface area contributed by atoms with Crippen molar-refractivity contribution in [3.05, 3.63) is 78.9 Å². The van der Waals surface area contributed by atoms with Gasteiger partial charge in [0.25, 0.3) is 0 Å². The fourth-order valence-electron chi connectivity index (χ4n) is 3.16. The van der Waals surface area contributed by atoms with Crippen LogP contribution in [-0.4, -0.2) is 17.4 Å². The van der Waals surface area contributed by atoms with E-state index in [0.717, 1.165) is 21.7 Å². The van der Waals surface area contributed by atoms with E-state index in [2.05, 4.69) is 30.3 Å². The highest BCUT2D eigenvalue weighted by atomic mass is 16.6. The molecule has 4 aromatic rings. The lowest BCUT2D eigenvalue weighted by Crippen LogP contribution is -2.20. The Balaban J connectivity index is 2.05. The molecule has 0 atom stereocenters. The normalized spacial score (nSPS) is 10.9. The second-order valence-electron chi connectivity index (χ2n) is 5.67. The summed E-state index contributed by atoms with van der Waals surface area (Å²) in [5, 5.41) is 22.4. The minimum atomic E-state index is -1.82. The summed E-state index contributed by atoms with van der Waals surface area (Å²) in [5.41, 5.74) is 2.31. The van der Waals surface area contributed by atoms with Crippen LogP contribution in [0.25, 0.3) is 32.7 Å². The van der Waals surface area contributed by atoms with Crippen LogP contribution in [0.4, 0.5) is 0 Å². The van der Waals surface area contributed by atoms with E-state index in [4.69, 9.17) is 14.7 Å². The van der Waals surface area contributed by atoms with Crippen LogP contribution in [0.15, 0.2) is 78.9 Å². The van der Waals surface area contributed by atoms with Crippen LogP contribution in [0.2, 0.25) is 0 Å². The fraction of sp³-hybridized carbons (Fsp3) is 0. The van der Waals surface area contributed by atoms with Gasteiger partial charge < -0.3 is 14.7 Å².